The fraction of sp³-hybridized carbons (Fsp3) is 0.333. The number of amides is 2. The van der Waals surface area contributed by atoms with E-state index in [1.54, 1.807) is 42.3 Å². The molecule has 0 spiro atoms. The van der Waals surface area contributed by atoms with Gasteiger partial charge in [0, 0.05) is 28.8 Å². The highest BCUT2D eigenvalue weighted by Gasteiger charge is 2.57. The largest absolute Gasteiger partial charge is 0.497 e. The van der Waals surface area contributed by atoms with Gasteiger partial charge in [0.05, 0.1) is 25.4 Å². The van der Waals surface area contributed by atoms with Crippen LogP contribution in [0.4, 0.5) is 19.3 Å². The predicted molar refractivity (Wildman–Crippen MR) is 220 cm³/mol. The Morgan fingerprint density at radius 3 is 2.46 bits per heavy atom. The van der Waals surface area contributed by atoms with Gasteiger partial charge in [0.2, 0.25) is 0 Å². The standard InChI is InChI=1S/C48H50F2N2O5/c1-31-8-7-24-47(2)42(40-21-14-32(26-37(53)18-13-31)27-41(40)45(54)34-15-22-43(49)44(50)28-34)23-25-48(47,56)30-52(46(55)51-36-16-19-38(57-3)20-17-36)29-35-11-6-10-33-9-4-5-12-39(33)35/h4-6,8-12,14-17,19-22,27-28,37,42,53,56H,7,13,18,23-26,29-30H2,1-3H3,(H,51,55). The van der Waals surface area contributed by atoms with Crippen LogP contribution in [0.2, 0.25) is 0 Å². The lowest BCUT2D eigenvalue weighted by Gasteiger charge is -2.46. The Labute approximate surface area is 333 Å². The SMILES string of the molecule is COc1ccc(NC(=O)N(Cc2cccc3ccccc23)CC2(O)CCC3c4ccc(cc4C(=O)c4ccc(F)c(F)c4)CC(O)CCC(C)=CCCC32C)cc1. The van der Waals surface area contributed by atoms with Crippen molar-refractivity contribution in [3.63, 3.8) is 0 Å². The molecule has 0 saturated heterocycles. The van der Waals surface area contributed by atoms with E-state index in [1.807, 2.05) is 54.6 Å². The number of methoxy groups -OCH3 is 1. The van der Waals surface area contributed by atoms with Crippen LogP contribution in [0.15, 0.2) is 115 Å². The molecule has 2 bridgehead atoms. The molecule has 0 heterocycles. The number of carbonyl (C=O) groups excluding carboxylic acids is 2. The second-order valence-corrected chi connectivity index (χ2v) is 16.1. The molecular weight excluding hydrogens is 723 g/mol. The number of hydrogen-bond acceptors (Lipinski definition) is 5. The zero-order valence-electron chi connectivity index (χ0n) is 32.7. The highest BCUT2D eigenvalue weighted by atomic mass is 19.2. The van der Waals surface area contributed by atoms with Crippen LogP contribution in [0.3, 0.4) is 0 Å². The van der Waals surface area contributed by atoms with Gasteiger partial charge in [-0.3, -0.25) is 4.79 Å². The van der Waals surface area contributed by atoms with Gasteiger partial charge in [0.15, 0.2) is 17.4 Å². The van der Waals surface area contributed by atoms with Gasteiger partial charge in [0.1, 0.15) is 5.75 Å². The maximum atomic E-state index is 14.5. The van der Waals surface area contributed by atoms with E-state index in [0.717, 1.165) is 39.6 Å². The van der Waals surface area contributed by atoms with Crippen molar-refractivity contribution in [3.8, 4) is 5.75 Å². The predicted octanol–water partition coefficient (Wildman–Crippen LogP) is 10.1. The van der Waals surface area contributed by atoms with E-state index in [0.29, 0.717) is 67.5 Å². The number of carbonyl (C=O) groups is 2. The zero-order chi connectivity index (χ0) is 40.3. The van der Waals surface area contributed by atoms with Gasteiger partial charge < -0.3 is 25.2 Å². The highest BCUT2D eigenvalue weighted by Crippen LogP contribution is 2.59. The van der Waals surface area contributed by atoms with Crippen molar-refractivity contribution >= 4 is 28.3 Å². The van der Waals surface area contributed by atoms with Crippen LogP contribution < -0.4 is 10.1 Å². The molecule has 7 nitrogen and oxygen atoms in total. The first-order chi connectivity index (χ1) is 27.4. The second kappa shape index (κ2) is 16.6. The first kappa shape index (κ1) is 39.8. The van der Waals surface area contributed by atoms with E-state index in [1.165, 1.54) is 6.07 Å². The Balaban J connectivity index is 1.31. The van der Waals surface area contributed by atoms with Crippen molar-refractivity contribution in [2.45, 2.75) is 83.0 Å². The number of nitrogens with zero attached hydrogens (tertiary/aromatic N) is 1. The molecule has 1 fully saturated rings. The quantitative estimate of drug-likeness (QED) is 0.108. The first-order valence-electron chi connectivity index (χ1n) is 19.7. The Bertz CT molecular complexity index is 2300. The smallest absolute Gasteiger partial charge is 0.322 e. The molecular formula is C48H50F2N2O5. The number of aliphatic hydroxyl groups is 2. The van der Waals surface area contributed by atoms with Crippen molar-refractivity contribution in [1.82, 2.24) is 4.90 Å². The molecule has 0 aromatic heterocycles. The van der Waals surface area contributed by atoms with Crippen molar-refractivity contribution in [2.24, 2.45) is 5.41 Å². The Morgan fingerprint density at radius 2 is 1.68 bits per heavy atom. The number of allylic oxidation sites excluding steroid dienone is 2. The van der Waals surface area contributed by atoms with Crippen LogP contribution in [0.5, 0.6) is 5.75 Å². The molecule has 1 saturated carbocycles. The Hall–Kier alpha value is -5.38. The van der Waals surface area contributed by atoms with Gasteiger partial charge in [-0.1, -0.05) is 73.2 Å². The summed E-state index contributed by atoms with van der Waals surface area (Å²) in [5.74, 6) is -2.30. The van der Waals surface area contributed by atoms with E-state index in [9.17, 15) is 28.6 Å². The first-order valence-corrected chi connectivity index (χ1v) is 19.7. The molecule has 0 radical (unpaired) electrons. The molecule has 5 aromatic rings. The van der Waals surface area contributed by atoms with Crippen molar-refractivity contribution in [1.29, 1.82) is 0 Å². The summed E-state index contributed by atoms with van der Waals surface area (Å²) in [6.07, 6.45) is 5.10. The maximum absolute atomic E-state index is 14.5. The van der Waals surface area contributed by atoms with Gasteiger partial charge in [-0.15, -0.1) is 0 Å². The van der Waals surface area contributed by atoms with Crippen molar-refractivity contribution < 1.29 is 33.3 Å². The number of benzene rings is 5. The third kappa shape index (κ3) is 8.36. The zero-order valence-corrected chi connectivity index (χ0v) is 32.7. The van der Waals surface area contributed by atoms with Gasteiger partial charge in [-0.25, -0.2) is 13.6 Å². The molecule has 5 aromatic carbocycles. The summed E-state index contributed by atoms with van der Waals surface area (Å²) < 4.78 is 33.9. The third-order valence-corrected chi connectivity index (χ3v) is 12.4. The number of halogens is 2. The van der Waals surface area contributed by atoms with Crippen LogP contribution in [0, 0.1) is 17.0 Å². The number of ketones is 1. The van der Waals surface area contributed by atoms with E-state index in [4.69, 9.17) is 4.74 Å². The number of fused-ring (bicyclic) bond motifs is 9. The van der Waals surface area contributed by atoms with Crippen LogP contribution in [0.25, 0.3) is 10.8 Å². The molecule has 4 atom stereocenters. The van der Waals surface area contributed by atoms with Gasteiger partial charge in [-0.05, 0) is 134 Å². The lowest BCUT2D eigenvalue weighted by Crippen LogP contribution is -2.54. The van der Waals surface area contributed by atoms with Crippen LogP contribution >= 0.6 is 0 Å². The van der Waals surface area contributed by atoms with Crippen molar-refractivity contribution in [2.75, 3.05) is 19.0 Å². The van der Waals surface area contributed by atoms with Crippen LogP contribution in [0.1, 0.15) is 90.9 Å². The summed E-state index contributed by atoms with van der Waals surface area (Å²) >= 11 is 0. The molecule has 296 valence electrons. The molecule has 8 rings (SSSR count). The van der Waals surface area contributed by atoms with Gasteiger partial charge >= 0.3 is 6.03 Å². The fourth-order valence-electron chi connectivity index (χ4n) is 9.02. The van der Waals surface area contributed by atoms with E-state index >= 15 is 0 Å². The molecule has 0 aliphatic heterocycles. The number of hydrogen-bond donors (Lipinski definition) is 3. The Kier molecular flexibility index (Phi) is 11.6. The number of anilines is 1. The van der Waals surface area contributed by atoms with Gasteiger partial charge in [-0.2, -0.15) is 0 Å². The average Bonchev–Trinajstić information content (AvgIpc) is 3.46. The summed E-state index contributed by atoms with van der Waals surface area (Å²) in [6.45, 7) is 4.34. The van der Waals surface area contributed by atoms with Crippen LogP contribution in [-0.2, 0) is 13.0 Å². The molecule has 3 aliphatic rings. The lowest BCUT2D eigenvalue weighted by atomic mass is 9.64. The van der Waals surface area contributed by atoms with Crippen molar-refractivity contribution in [3.05, 3.63) is 154 Å². The van der Waals surface area contributed by atoms with Crippen LogP contribution in [-0.4, -0.2) is 52.3 Å². The molecule has 2 amide bonds. The summed E-state index contributed by atoms with van der Waals surface area (Å²) in [6, 6.07) is 29.5. The number of ether oxygens (including phenoxy) is 1. The lowest BCUT2D eigenvalue weighted by molar-refractivity contribution is -0.0773. The maximum Gasteiger partial charge on any atom is 0.322 e. The average molecular weight is 773 g/mol. The molecule has 3 N–H and O–H groups in total. The fourth-order valence-corrected chi connectivity index (χ4v) is 9.02. The Morgan fingerprint density at radius 1 is 0.912 bits per heavy atom. The van der Waals surface area contributed by atoms with Gasteiger partial charge in [0.25, 0.3) is 0 Å². The number of aliphatic hydroxyl groups excluding tert-OH is 1. The minimum Gasteiger partial charge on any atom is -0.497 e. The molecule has 4 unspecified atom stereocenters. The summed E-state index contributed by atoms with van der Waals surface area (Å²) in [5, 5.41) is 29.3. The number of nitrogens with one attached hydrogen (secondary N) is 1. The molecule has 9 heteroatoms. The van der Waals surface area contributed by atoms with E-state index in [2.05, 4.69) is 25.2 Å². The summed E-state index contributed by atoms with van der Waals surface area (Å²) in [7, 11) is 1.58. The second-order valence-electron chi connectivity index (χ2n) is 16.1. The van der Waals surface area contributed by atoms with E-state index in [-0.39, 0.29) is 30.6 Å². The topological polar surface area (TPSA) is 99.1 Å². The normalized spacial score (nSPS) is 22.3. The third-order valence-electron chi connectivity index (χ3n) is 12.4. The molecule has 3 aliphatic carbocycles. The number of rotatable bonds is 8. The minimum absolute atomic E-state index is 0.00460. The van der Waals surface area contributed by atoms with E-state index < -0.39 is 34.5 Å². The monoisotopic (exact) mass is 772 g/mol. The summed E-state index contributed by atoms with van der Waals surface area (Å²) in [5.41, 5.74) is 2.19. The highest BCUT2D eigenvalue weighted by molar-refractivity contribution is 6.10. The number of urea groups is 1. The summed E-state index contributed by atoms with van der Waals surface area (Å²) in [4.78, 5) is 30.5. The molecule has 57 heavy (non-hydrogen) atoms. The minimum atomic E-state index is -1.41.